The van der Waals surface area contributed by atoms with Gasteiger partial charge in [0.1, 0.15) is 18.1 Å². The van der Waals surface area contributed by atoms with Gasteiger partial charge >= 0.3 is 0 Å². The lowest BCUT2D eigenvalue weighted by Crippen LogP contribution is -2.32. The fourth-order valence-electron chi connectivity index (χ4n) is 2.96. The number of ether oxygens (including phenoxy) is 3. The van der Waals surface area contributed by atoms with Gasteiger partial charge in [0.15, 0.2) is 18.1 Å². The number of nitrogens with one attached hydrogen (secondary N) is 1. The molecule has 0 bridgehead atoms. The molecule has 1 N–H and O–H groups in total. The van der Waals surface area contributed by atoms with Crippen LogP contribution in [0.5, 0.6) is 17.4 Å². The Morgan fingerprint density at radius 3 is 2.41 bits per heavy atom. The van der Waals surface area contributed by atoms with Gasteiger partial charge in [0.2, 0.25) is 5.88 Å². The van der Waals surface area contributed by atoms with E-state index in [1.54, 1.807) is 40.9 Å². The molecule has 2 heterocycles. The third-order valence-corrected chi connectivity index (χ3v) is 4.45. The second-order valence-electron chi connectivity index (χ2n) is 6.72. The van der Waals surface area contributed by atoms with E-state index in [1.165, 1.54) is 0 Å². The first-order valence-corrected chi connectivity index (χ1v) is 10.3. The Kier molecular flexibility index (Phi) is 6.76. The molecule has 9 heteroatoms. The Bertz CT molecular complexity index is 1160. The molecule has 0 unspecified atom stereocenters. The van der Waals surface area contributed by atoms with Crippen LogP contribution in [0.1, 0.15) is 6.92 Å². The summed E-state index contributed by atoms with van der Waals surface area (Å²) in [6.07, 6.45) is 0. The van der Waals surface area contributed by atoms with E-state index in [9.17, 15) is 4.79 Å². The first-order valence-electron chi connectivity index (χ1n) is 10.3. The second kappa shape index (κ2) is 10.3. The molecule has 0 aliphatic heterocycles. The van der Waals surface area contributed by atoms with Crippen molar-refractivity contribution in [1.29, 1.82) is 0 Å². The maximum absolute atomic E-state index is 12.0. The third kappa shape index (κ3) is 5.31. The largest absolute Gasteiger partial charge is 0.494 e. The van der Waals surface area contributed by atoms with Crippen molar-refractivity contribution in [2.75, 3.05) is 26.4 Å². The summed E-state index contributed by atoms with van der Waals surface area (Å²) in [7, 11) is 0. The highest BCUT2D eigenvalue weighted by atomic mass is 16.5. The molecule has 0 saturated heterocycles. The molecule has 0 aliphatic rings. The average Bonchev–Trinajstić information content (AvgIpc) is 3.25. The standard InChI is InChI=1S/C23H23N5O4/c1-2-30-18-8-10-19(11-9-18)32-16-21(29)24-14-15-31-22-13-12-20-25-26-23(28(20)27-22)17-6-4-3-5-7-17/h3-13H,2,14-16H2,1H3,(H,24,29). The highest BCUT2D eigenvalue weighted by Crippen LogP contribution is 2.19. The van der Waals surface area contributed by atoms with E-state index in [0.29, 0.717) is 36.3 Å². The van der Waals surface area contributed by atoms with E-state index < -0.39 is 0 Å². The zero-order valence-corrected chi connectivity index (χ0v) is 17.6. The van der Waals surface area contributed by atoms with Gasteiger partial charge in [-0.05, 0) is 37.3 Å². The molecule has 2 aromatic carbocycles. The van der Waals surface area contributed by atoms with Gasteiger partial charge in [0, 0.05) is 11.6 Å². The van der Waals surface area contributed by atoms with Crippen LogP contribution < -0.4 is 19.5 Å². The van der Waals surface area contributed by atoms with Gasteiger partial charge < -0.3 is 19.5 Å². The minimum Gasteiger partial charge on any atom is -0.494 e. The van der Waals surface area contributed by atoms with Crippen molar-refractivity contribution in [1.82, 2.24) is 25.1 Å². The predicted molar refractivity (Wildman–Crippen MR) is 118 cm³/mol. The van der Waals surface area contributed by atoms with E-state index in [0.717, 1.165) is 11.3 Å². The lowest BCUT2D eigenvalue weighted by molar-refractivity contribution is -0.123. The fraction of sp³-hybridized carbons (Fsp3) is 0.217. The normalized spacial score (nSPS) is 10.7. The van der Waals surface area contributed by atoms with Crippen molar-refractivity contribution >= 4 is 11.6 Å². The molecule has 0 radical (unpaired) electrons. The molecule has 4 rings (SSSR count). The van der Waals surface area contributed by atoms with Crippen LogP contribution in [0.4, 0.5) is 0 Å². The van der Waals surface area contributed by atoms with Crippen LogP contribution in [0, 0.1) is 0 Å². The molecule has 0 atom stereocenters. The summed E-state index contributed by atoms with van der Waals surface area (Å²) in [5.74, 6) is 2.16. The molecule has 2 aromatic heterocycles. The zero-order chi connectivity index (χ0) is 22.2. The molecule has 0 spiro atoms. The second-order valence-corrected chi connectivity index (χ2v) is 6.72. The van der Waals surface area contributed by atoms with Crippen LogP contribution in [0.3, 0.4) is 0 Å². The zero-order valence-electron chi connectivity index (χ0n) is 17.6. The van der Waals surface area contributed by atoms with Crippen LogP contribution in [-0.4, -0.2) is 52.1 Å². The highest BCUT2D eigenvalue weighted by molar-refractivity contribution is 5.77. The van der Waals surface area contributed by atoms with E-state index in [1.807, 2.05) is 37.3 Å². The van der Waals surface area contributed by atoms with Gasteiger partial charge in [-0.3, -0.25) is 4.79 Å². The first-order chi connectivity index (χ1) is 15.7. The predicted octanol–water partition coefficient (Wildman–Crippen LogP) is 2.76. The lowest BCUT2D eigenvalue weighted by atomic mass is 10.2. The van der Waals surface area contributed by atoms with Gasteiger partial charge in [-0.15, -0.1) is 15.3 Å². The molecule has 0 saturated carbocycles. The quantitative estimate of drug-likeness (QED) is 0.384. The first kappa shape index (κ1) is 21.1. The van der Waals surface area contributed by atoms with Crippen molar-refractivity contribution in [2.24, 2.45) is 0 Å². The Hall–Kier alpha value is -4.14. The van der Waals surface area contributed by atoms with Crippen molar-refractivity contribution in [3.63, 3.8) is 0 Å². The molecule has 4 aromatic rings. The number of fused-ring (bicyclic) bond motifs is 1. The molecule has 32 heavy (non-hydrogen) atoms. The molecule has 164 valence electrons. The Morgan fingerprint density at radius 2 is 1.66 bits per heavy atom. The van der Waals surface area contributed by atoms with Crippen molar-refractivity contribution in [2.45, 2.75) is 6.92 Å². The van der Waals surface area contributed by atoms with E-state index in [4.69, 9.17) is 14.2 Å². The molecule has 0 aliphatic carbocycles. The summed E-state index contributed by atoms with van der Waals surface area (Å²) >= 11 is 0. The average molecular weight is 433 g/mol. The molecule has 0 fully saturated rings. The number of aromatic nitrogens is 4. The molecule has 1 amide bonds. The monoisotopic (exact) mass is 433 g/mol. The van der Waals surface area contributed by atoms with Gasteiger partial charge in [0.25, 0.3) is 5.91 Å². The fourth-order valence-corrected chi connectivity index (χ4v) is 2.96. The summed E-state index contributed by atoms with van der Waals surface area (Å²) in [5, 5.41) is 15.5. The van der Waals surface area contributed by atoms with Crippen molar-refractivity contribution in [3.8, 4) is 28.8 Å². The van der Waals surface area contributed by atoms with Crippen molar-refractivity contribution in [3.05, 3.63) is 66.7 Å². The summed E-state index contributed by atoms with van der Waals surface area (Å²) in [6.45, 7) is 3.01. The van der Waals surface area contributed by atoms with E-state index in [2.05, 4.69) is 20.6 Å². The minimum atomic E-state index is -0.240. The summed E-state index contributed by atoms with van der Waals surface area (Å²) in [4.78, 5) is 12.0. The number of rotatable bonds is 10. The molecular formula is C23H23N5O4. The van der Waals surface area contributed by atoms with Gasteiger partial charge in [-0.2, -0.15) is 4.52 Å². The molecular weight excluding hydrogens is 410 g/mol. The maximum atomic E-state index is 12.0. The van der Waals surface area contributed by atoms with E-state index in [-0.39, 0.29) is 19.1 Å². The lowest BCUT2D eigenvalue weighted by Gasteiger charge is -2.09. The number of carbonyl (C=O) groups is 1. The number of carbonyl (C=O) groups excluding carboxylic acids is 1. The van der Waals surface area contributed by atoms with E-state index >= 15 is 0 Å². The summed E-state index contributed by atoms with van der Waals surface area (Å²) < 4.78 is 18.1. The topological polar surface area (TPSA) is 99.9 Å². The van der Waals surface area contributed by atoms with Crippen LogP contribution in [-0.2, 0) is 4.79 Å². The number of amides is 1. The number of nitrogens with zero attached hydrogens (tertiary/aromatic N) is 4. The number of hydrogen-bond acceptors (Lipinski definition) is 7. The Labute approximate surface area is 185 Å². The smallest absolute Gasteiger partial charge is 0.258 e. The van der Waals surface area contributed by atoms with Gasteiger partial charge in [-0.25, -0.2) is 0 Å². The Morgan fingerprint density at radius 1 is 0.906 bits per heavy atom. The highest BCUT2D eigenvalue weighted by Gasteiger charge is 2.10. The summed E-state index contributed by atoms with van der Waals surface area (Å²) in [5.41, 5.74) is 1.53. The SMILES string of the molecule is CCOc1ccc(OCC(=O)NCCOc2ccc3nnc(-c4ccccc4)n3n2)cc1. The van der Waals surface area contributed by atoms with Gasteiger partial charge in [0.05, 0.1) is 13.2 Å². The van der Waals surface area contributed by atoms with Crippen LogP contribution >= 0.6 is 0 Å². The number of benzene rings is 2. The Balaban J connectivity index is 1.24. The summed E-state index contributed by atoms with van der Waals surface area (Å²) in [6, 6.07) is 20.3. The molecule has 9 nitrogen and oxygen atoms in total. The van der Waals surface area contributed by atoms with Crippen molar-refractivity contribution < 1.29 is 19.0 Å². The van der Waals surface area contributed by atoms with Crippen LogP contribution in [0.25, 0.3) is 17.0 Å². The third-order valence-electron chi connectivity index (χ3n) is 4.45. The number of hydrogen-bond donors (Lipinski definition) is 1. The minimum absolute atomic E-state index is 0.0840. The van der Waals surface area contributed by atoms with Crippen LogP contribution in [0.15, 0.2) is 66.7 Å². The van der Waals surface area contributed by atoms with Crippen LogP contribution in [0.2, 0.25) is 0 Å². The maximum Gasteiger partial charge on any atom is 0.258 e. The van der Waals surface area contributed by atoms with Gasteiger partial charge in [-0.1, -0.05) is 30.3 Å².